The van der Waals surface area contributed by atoms with Crippen molar-refractivity contribution < 1.29 is 23.8 Å². The van der Waals surface area contributed by atoms with Gasteiger partial charge in [0.15, 0.2) is 11.5 Å². The third-order valence-corrected chi connectivity index (χ3v) is 3.75. The zero-order valence-electron chi connectivity index (χ0n) is 13.6. The summed E-state index contributed by atoms with van der Waals surface area (Å²) >= 11 is 0. The van der Waals surface area contributed by atoms with Gasteiger partial charge in [0.2, 0.25) is 0 Å². The first-order valence-corrected chi connectivity index (χ1v) is 7.36. The van der Waals surface area contributed by atoms with E-state index >= 15 is 0 Å². The predicted molar refractivity (Wildman–Crippen MR) is 84.2 cm³/mol. The third kappa shape index (κ3) is 3.90. The molecule has 2 amide bonds. The van der Waals surface area contributed by atoms with Crippen LogP contribution >= 0.6 is 0 Å². The molecule has 124 valence electrons. The van der Waals surface area contributed by atoms with Crippen LogP contribution in [0.3, 0.4) is 0 Å². The zero-order valence-corrected chi connectivity index (χ0v) is 13.6. The van der Waals surface area contributed by atoms with E-state index in [4.69, 9.17) is 14.2 Å². The minimum absolute atomic E-state index is 0.269. The molecule has 1 unspecified atom stereocenters. The lowest BCUT2D eigenvalue weighted by atomic mass is 9.99. The Morgan fingerprint density at radius 1 is 1.30 bits per heavy atom. The van der Waals surface area contributed by atoms with Gasteiger partial charge in [-0.05, 0) is 24.1 Å². The number of carbonyl (C=O) groups excluding carboxylic acids is 2. The lowest BCUT2D eigenvalue weighted by molar-refractivity contribution is -0.139. The molecule has 0 saturated carbocycles. The van der Waals surface area contributed by atoms with E-state index in [-0.39, 0.29) is 17.9 Å². The van der Waals surface area contributed by atoms with Crippen molar-refractivity contribution in [3.05, 3.63) is 47.5 Å². The van der Waals surface area contributed by atoms with Crippen LogP contribution in [0.15, 0.2) is 47.5 Å². The summed E-state index contributed by atoms with van der Waals surface area (Å²) in [5.41, 5.74) is 0.864. The van der Waals surface area contributed by atoms with Crippen LogP contribution in [-0.4, -0.2) is 50.7 Å². The molecule has 0 aromatic rings. The Morgan fingerprint density at radius 2 is 2.09 bits per heavy atom. The van der Waals surface area contributed by atoms with Crippen LogP contribution in [0.5, 0.6) is 0 Å². The molecular formula is C17H21NO5. The zero-order chi connectivity index (χ0) is 16.8. The van der Waals surface area contributed by atoms with Gasteiger partial charge in [-0.3, -0.25) is 14.5 Å². The van der Waals surface area contributed by atoms with Gasteiger partial charge in [-0.15, -0.1) is 0 Å². The van der Waals surface area contributed by atoms with E-state index in [0.717, 1.165) is 5.57 Å². The molecule has 0 saturated heterocycles. The van der Waals surface area contributed by atoms with E-state index in [2.05, 4.69) is 0 Å². The van der Waals surface area contributed by atoms with Crippen LogP contribution in [0, 0.1) is 0 Å². The summed E-state index contributed by atoms with van der Waals surface area (Å²) in [6, 6.07) is 0. The Morgan fingerprint density at radius 3 is 2.70 bits per heavy atom. The number of imide groups is 1. The number of methoxy groups -OCH3 is 3. The molecule has 0 bridgehead atoms. The summed E-state index contributed by atoms with van der Waals surface area (Å²) in [6.07, 6.45) is 9.06. The molecular weight excluding hydrogens is 298 g/mol. The summed E-state index contributed by atoms with van der Waals surface area (Å²) < 4.78 is 16.0. The van der Waals surface area contributed by atoms with Crippen LogP contribution < -0.4 is 0 Å². The molecule has 2 aliphatic rings. The predicted octanol–water partition coefficient (Wildman–Crippen LogP) is 1.71. The van der Waals surface area contributed by atoms with Gasteiger partial charge in [0.1, 0.15) is 6.10 Å². The second-order valence-electron chi connectivity index (χ2n) is 5.14. The molecule has 0 aromatic heterocycles. The van der Waals surface area contributed by atoms with Gasteiger partial charge in [0.05, 0.1) is 14.2 Å². The monoisotopic (exact) mass is 319 g/mol. The van der Waals surface area contributed by atoms with Crippen molar-refractivity contribution >= 4 is 11.8 Å². The molecule has 6 nitrogen and oxygen atoms in total. The Bertz CT molecular complexity index is 600. The molecule has 23 heavy (non-hydrogen) atoms. The average molecular weight is 319 g/mol. The molecule has 0 fully saturated rings. The van der Waals surface area contributed by atoms with Crippen LogP contribution in [-0.2, 0) is 23.8 Å². The Balaban J connectivity index is 2.14. The quantitative estimate of drug-likeness (QED) is 0.722. The largest absolute Gasteiger partial charge is 0.494 e. The maximum Gasteiger partial charge on any atom is 0.253 e. The van der Waals surface area contributed by atoms with Gasteiger partial charge in [-0.25, -0.2) is 0 Å². The van der Waals surface area contributed by atoms with Crippen molar-refractivity contribution in [3.8, 4) is 0 Å². The van der Waals surface area contributed by atoms with Crippen molar-refractivity contribution in [1.82, 2.24) is 4.90 Å². The van der Waals surface area contributed by atoms with E-state index in [1.165, 1.54) is 17.1 Å². The van der Waals surface area contributed by atoms with Crippen LogP contribution in [0.4, 0.5) is 0 Å². The fourth-order valence-electron chi connectivity index (χ4n) is 2.54. The normalized spacial score (nSPS) is 21.7. The highest BCUT2D eigenvalue weighted by atomic mass is 16.5. The summed E-state index contributed by atoms with van der Waals surface area (Å²) in [5, 5.41) is 0. The lowest BCUT2D eigenvalue weighted by Gasteiger charge is -2.24. The Labute approximate surface area is 135 Å². The van der Waals surface area contributed by atoms with Crippen molar-refractivity contribution in [2.24, 2.45) is 0 Å². The van der Waals surface area contributed by atoms with Crippen molar-refractivity contribution in [2.45, 2.75) is 18.9 Å². The number of carbonyl (C=O) groups is 2. The van der Waals surface area contributed by atoms with Crippen LogP contribution in [0.25, 0.3) is 0 Å². The van der Waals surface area contributed by atoms with E-state index in [0.29, 0.717) is 30.9 Å². The minimum atomic E-state index is -0.324. The molecule has 1 aliphatic carbocycles. The van der Waals surface area contributed by atoms with Gasteiger partial charge in [0, 0.05) is 26.2 Å². The summed E-state index contributed by atoms with van der Waals surface area (Å²) in [4.78, 5) is 25.0. The molecule has 1 atom stereocenters. The summed E-state index contributed by atoms with van der Waals surface area (Å²) in [7, 11) is 4.70. The number of hydrogen-bond donors (Lipinski definition) is 0. The maximum atomic E-state index is 12.1. The van der Waals surface area contributed by atoms with E-state index in [9.17, 15) is 9.59 Å². The number of nitrogens with zero attached hydrogens (tertiary/aromatic N) is 1. The summed E-state index contributed by atoms with van der Waals surface area (Å²) in [5.74, 6) is 0.580. The first kappa shape index (κ1) is 17.0. The standard InChI is InChI=1S/C17H21NO5/c1-21-13-10-12(11-14(22-2)17(13)23-3)7-8-16(20)18-9-5-4-6-15(18)19/h4,6-8,10,14H,5,9,11H2,1-3H3/b8-7+. The number of amides is 2. The number of allylic oxidation sites excluding steroid dienone is 2. The second kappa shape index (κ2) is 7.78. The fourth-order valence-corrected chi connectivity index (χ4v) is 2.54. The highest BCUT2D eigenvalue weighted by Gasteiger charge is 2.25. The van der Waals surface area contributed by atoms with E-state index < -0.39 is 0 Å². The molecule has 0 spiro atoms. The topological polar surface area (TPSA) is 65.1 Å². The Hall–Kier alpha value is -2.34. The van der Waals surface area contributed by atoms with Gasteiger partial charge in [0.25, 0.3) is 11.8 Å². The first-order chi connectivity index (χ1) is 11.1. The first-order valence-electron chi connectivity index (χ1n) is 7.36. The van der Waals surface area contributed by atoms with Crippen molar-refractivity contribution in [2.75, 3.05) is 27.9 Å². The molecule has 0 N–H and O–H groups in total. The molecule has 2 rings (SSSR count). The smallest absolute Gasteiger partial charge is 0.253 e. The number of rotatable bonds is 5. The molecule has 6 heteroatoms. The maximum absolute atomic E-state index is 12.1. The SMILES string of the molecule is COC1=C(OC)C(OC)CC(/C=C/C(=O)N2CCC=CC2=O)=C1. The Kier molecular flexibility index (Phi) is 5.76. The molecule has 0 radical (unpaired) electrons. The summed E-state index contributed by atoms with van der Waals surface area (Å²) in [6.45, 7) is 0.412. The minimum Gasteiger partial charge on any atom is -0.494 e. The molecule has 0 aromatic carbocycles. The van der Waals surface area contributed by atoms with Gasteiger partial charge < -0.3 is 14.2 Å². The van der Waals surface area contributed by atoms with E-state index in [1.54, 1.807) is 39.6 Å². The highest BCUT2D eigenvalue weighted by Crippen LogP contribution is 2.28. The third-order valence-electron chi connectivity index (χ3n) is 3.75. The lowest BCUT2D eigenvalue weighted by Crippen LogP contribution is -2.37. The van der Waals surface area contributed by atoms with Crippen LogP contribution in [0.1, 0.15) is 12.8 Å². The average Bonchev–Trinajstić information content (AvgIpc) is 2.58. The van der Waals surface area contributed by atoms with Gasteiger partial charge >= 0.3 is 0 Å². The number of hydrogen-bond acceptors (Lipinski definition) is 5. The fraction of sp³-hybridized carbons (Fsp3) is 0.412. The van der Waals surface area contributed by atoms with Gasteiger partial charge in [-0.1, -0.05) is 12.2 Å². The van der Waals surface area contributed by atoms with E-state index in [1.807, 2.05) is 0 Å². The van der Waals surface area contributed by atoms with Crippen molar-refractivity contribution in [1.29, 1.82) is 0 Å². The van der Waals surface area contributed by atoms with Gasteiger partial charge in [-0.2, -0.15) is 0 Å². The molecule has 1 heterocycles. The number of ether oxygens (including phenoxy) is 3. The second-order valence-corrected chi connectivity index (χ2v) is 5.14. The molecule has 1 aliphatic heterocycles. The van der Waals surface area contributed by atoms with Crippen molar-refractivity contribution in [3.63, 3.8) is 0 Å². The highest BCUT2D eigenvalue weighted by molar-refractivity contribution is 6.05. The van der Waals surface area contributed by atoms with Crippen LogP contribution in [0.2, 0.25) is 0 Å².